The Balaban J connectivity index is 1.66. The highest BCUT2D eigenvalue weighted by molar-refractivity contribution is 7.13. The van der Waals surface area contributed by atoms with Gasteiger partial charge in [-0.05, 0) is 37.5 Å². The summed E-state index contributed by atoms with van der Waals surface area (Å²) in [4.78, 5) is 17.6. The van der Waals surface area contributed by atoms with Gasteiger partial charge in [-0.15, -0.1) is 11.3 Å². The number of aryl methyl sites for hydroxylation is 1. The summed E-state index contributed by atoms with van der Waals surface area (Å²) in [5.41, 5.74) is 1.63. The van der Waals surface area contributed by atoms with Gasteiger partial charge in [-0.25, -0.2) is 4.98 Å². The number of carbonyl (C=O) groups is 1. The zero-order valence-corrected chi connectivity index (χ0v) is 13.9. The lowest BCUT2D eigenvalue weighted by Gasteiger charge is -2.19. The van der Waals surface area contributed by atoms with Crippen molar-refractivity contribution in [3.63, 3.8) is 0 Å². The fourth-order valence-corrected chi connectivity index (χ4v) is 3.77. The van der Waals surface area contributed by atoms with Crippen molar-refractivity contribution >= 4 is 17.2 Å². The number of hydrogen-bond acceptors (Lipinski definition) is 5. The third-order valence-electron chi connectivity index (χ3n) is 3.89. The molecule has 0 saturated carbocycles. The fourth-order valence-electron chi connectivity index (χ4n) is 2.67. The maximum Gasteiger partial charge on any atom is 0.263 e. The fraction of sp³-hybridized carbons (Fsp3) is 0.412. The number of nitrogens with one attached hydrogen (secondary N) is 1. The third kappa shape index (κ3) is 3.89. The van der Waals surface area contributed by atoms with Crippen molar-refractivity contribution in [1.29, 1.82) is 0 Å². The average Bonchev–Trinajstić information content (AvgIpc) is 2.95. The van der Waals surface area contributed by atoms with Gasteiger partial charge in [0.05, 0.1) is 17.3 Å². The minimum Gasteiger partial charge on any atom is -0.508 e. The van der Waals surface area contributed by atoms with Gasteiger partial charge in [0.15, 0.2) is 0 Å². The number of phenols is 1. The van der Waals surface area contributed by atoms with Crippen molar-refractivity contribution in [3.8, 4) is 5.75 Å². The quantitative estimate of drug-likeness (QED) is 0.903. The van der Waals surface area contributed by atoms with Crippen LogP contribution in [0.3, 0.4) is 0 Å². The van der Waals surface area contributed by atoms with E-state index in [1.54, 1.807) is 18.2 Å². The van der Waals surface area contributed by atoms with E-state index in [1.165, 1.54) is 11.3 Å². The molecule has 0 bridgehead atoms. The highest BCUT2D eigenvalue weighted by Gasteiger charge is 2.23. The predicted molar refractivity (Wildman–Crippen MR) is 88.9 cm³/mol. The maximum absolute atomic E-state index is 12.4. The number of nitrogens with zero attached hydrogens (tertiary/aromatic N) is 1. The van der Waals surface area contributed by atoms with Gasteiger partial charge in [0.1, 0.15) is 10.6 Å². The van der Waals surface area contributed by atoms with E-state index < -0.39 is 0 Å². The van der Waals surface area contributed by atoms with Crippen LogP contribution in [0.25, 0.3) is 0 Å². The number of thiazole rings is 1. The van der Waals surface area contributed by atoms with E-state index in [-0.39, 0.29) is 11.7 Å². The molecule has 122 valence electrons. The Morgan fingerprint density at radius 2 is 2.39 bits per heavy atom. The summed E-state index contributed by atoms with van der Waals surface area (Å²) in [6, 6.07) is 6.88. The normalized spacial score (nSPS) is 17.9. The largest absolute Gasteiger partial charge is 0.508 e. The average molecular weight is 332 g/mol. The first kappa shape index (κ1) is 16.0. The summed E-state index contributed by atoms with van der Waals surface area (Å²) < 4.78 is 5.51. The molecule has 2 N–H and O–H groups in total. The number of ether oxygens (including phenoxy) is 1. The summed E-state index contributed by atoms with van der Waals surface area (Å²) >= 11 is 1.46. The Morgan fingerprint density at radius 1 is 1.52 bits per heavy atom. The molecule has 1 aliphatic rings. The summed E-state index contributed by atoms with van der Waals surface area (Å²) in [5.74, 6) is 0.386. The number of amides is 1. The zero-order chi connectivity index (χ0) is 16.2. The minimum atomic E-state index is -0.119. The molecule has 5 nitrogen and oxygen atoms in total. The number of benzene rings is 1. The van der Waals surface area contributed by atoms with E-state index >= 15 is 0 Å². The number of aromatic nitrogens is 1. The smallest absolute Gasteiger partial charge is 0.263 e. The molecule has 2 heterocycles. The van der Waals surface area contributed by atoms with Crippen LogP contribution < -0.4 is 5.32 Å². The molecule has 1 aliphatic heterocycles. The molecular weight excluding hydrogens is 312 g/mol. The van der Waals surface area contributed by atoms with Crippen LogP contribution in [0.2, 0.25) is 0 Å². The van der Waals surface area contributed by atoms with Gasteiger partial charge in [0, 0.05) is 19.1 Å². The van der Waals surface area contributed by atoms with Gasteiger partial charge in [-0.1, -0.05) is 12.1 Å². The first-order valence-corrected chi connectivity index (χ1v) is 8.56. The molecule has 1 saturated heterocycles. The number of hydrogen-bond donors (Lipinski definition) is 2. The molecule has 1 atom stereocenters. The van der Waals surface area contributed by atoms with E-state index in [0.29, 0.717) is 23.9 Å². The lowest BCUT2D eigenvalue weighted by atomic mass is 10.0. The van der Waals surface area contributed by atoms with E-state index in [2.05, 4.69) is 10.3 Å². The summed E-state index contributed by atoms with van der Waals surface area (Å²) in [5, 5.41) is 13.3. The summed E-state index contributed by atoms with van der Waals surface area (Å²) in [7, 11) is 0. The van der Waals surface area contributed by atoms with Crippen molar-refractivity contribution in [2.24, 2.45) is 0 Å². The van der Waals surface area contributed by atoms with Crippen LogP contribution in [0.4, 0.5) is 0 Å². The van der Waals surface area contributed by atoms with Gasteiger partial charge in [0.25, 0.3) is 5.91 Å². The molecule has 1 aromatic carbocycles. The Morgan fingerprint density at radius 3 is 3.13 bits per heavy atom. The standard InChI is InChI=1S/C17H20N2O3S/c1-11-15(23-17(19-11)13-5-3-7-22-10-13)16(21)18-9-12-4-2-6-14(20)8-12/h2,4,6,8,13,20H,3,5,7,9-10H2,1H3,(H,18,21). The number of rotatable bonds is 4. The maximum atomic E-state index is 12.4. The molecular formula is C17H20N2O3S. The third-order valence-corrected chi connectivity index (χ3v) is 5.21. The molecule has 2 aromatic rings. The molecule has 1 fully saturated rings. The van der Waals surface area contributed by atoms with E-state index in [0.717, 1.165) is 35.7 Å². The Kier molecular flexibility index (Phi) is 4.93. The molecule has 1 aromatic heterocycles. The van der Waals surface area contributed by atoms with Crippen LogP contribution in [0.15, 0.2) is 24.3 Å². The number of aromatic hydroxyl groups is 1. The van der Waals surface area contributed by atoms with E-state index in [9.17, 15) is 9.90 Å². The number of phenolic OH excluding ortho intramolecular Hbond substituents is 1. The highest BCUT2D eigenvalue weighted by Crippen LogP contribution is 2.30. The van der Waals surface area contributed by atoms with E-state index in [1.807, 2.05) is 13.0 Å². The van der Waals surface area contributed by atoms with Crippen molar-refractivity contribution in [2.75, 3.05) is 13.2 Å². The molecule has 0 spiro atoms. The monoisotopic (exact) mass is 332 g/mol. The van der Waals surface area contributed by atoms with Gasteiger partial charge >= 0.3 is 0 Å². The zero-order valence-electron chi connectivity index (χ0n) is 13.0. The first-order chi connectivity index (χ1) is 11.1. The topological polar surface area (TPSA) is 71.5 Å². The SMILES string of the molecule is Cc1nc(C2CCCOC2)sc1C(=O)NCc1cccc(O)c1. The van der Waals surface area contributed by atoms with Crippen molar-refractivity contribution in [2.45, 2.75) is 32.2 Å². The lowest BCUT2D eigenvalue weighted by molar-refractivity contribution is 0.0803. The first-order valence-electron chi connectivity index (χ1n) is 7.74. The molecule has 1 amide bonds. The van der Waals surface area contributed by atoms with Crippen LogP contribution in [0.1, 0.15) is 44.7 Å². The van der Waals surface area contributed by atoms with Gasteiger partial charge in [0.2, 0.25) is 0 Å². The van der Waals surface area contributed by atoms with Crippen molar-refractivity contribution in [3.05, 3.63) is 45.4 Å². The van der Waals surface area contributed by atoms with Gasteiger partial charge in [-0.3, -0.25) is 4.79 Å². The predicted octanol–water partition coefficient (Wildman–Crippen LogP) is 2.98. The van der Waals surface area contributed by atoms with Gasteiger partial charge < -0.3 is 15.2 Å². The molecule has 23 heavy (non-hydrogen) atoms. The van der Waals surface area contributed by atoms with Crippen LogP contribution in [0, 0.1) is 6.92 Å². The Labute approximate surface area is 139 Å². The van der Waals surface area contributed by atoms with Crippen LogP contribution in [-0.4, -0.2) is 29.2 Å². The van der Waals surface area contributed by atoms with Crippen LogP contribution in [0.5, 0.6) is 5.75 Å². The summed E-state index contributed by atoms with van der Waals surface area (Å²) in [6.07, 6.45) is 2.11. The number of carbonyl (C=O) groups excluding carboxylic acids is 1. The van der Waals surface area contributed by atoms with Crippen LogP contribution >= 0.6 is 11.3 Å². The van der Waals surface area contributed by atoms with Crippen LogP contribution in [-0.2, 0) is 11.3 Å². The summed E-state index contributed by atoms with van der Waals surface area (Å²) in [6.45, 7) is 3.76. The molecule has 0 radical (unpaired) electrons. The second kappa shape index (κ2) is 7.10. The molecule has 0 aliphatic carbocycles. The minimum absolute atomic E-state index is 0.119. The van der Waals surface area contributed by atoms with E-state index in [4.69, 9.17) is 4.74 Å². The van der Waals surface area contributed by atoms with Crippen molar-refractivity contribution < 1.29 is 14.6 Å². The molecule has 1 unspecified atom stereocenters. The Bertz CT molecular complexity index is 693. The second-order valence-electron chi connectivity index (χ2n) is 5.73. The van der Waals surface area contributed by atoms with Crippen molar-refractivity contribution in [1.82, 2.24) is 10.3 Å². The molecule has 3 rings (SSSR count). The van der Waals surface area contributed by atoms with Gasteiger partial charge in [-0.2, -0.15) is 0 Å². The Hall–Kier alpha value is -1.92. The lowest BCUT2D eigenvalue weighted by Crippen LogP contribution is -2.22. The second-order valence-corrected chi connectivity index (χ2v) is 6.76. The molecule has 6 heteroatoms. The highest BCUT2D eigenvalue weighted by atomic mass is 32.1.